The molecule has 112 valence electrons. The van der Waals surface area contributed by atoms with Crippen molar-refractivity contribution in [2.24, 2.45) is 0 Å². The van der Waals surface area contributed by atoms with Gasteiger partial charge in [-0.05, 0) is 29.8 Å². The van der Waals surface area contributed by atoms with Crippen LogP contribution in [0.2, 0.25) is 5.02 Å². The number of benzene rings is 2. The van der Waals surface area contributed by atoms with E-state index in [4.69, 9.17) is 16.3 Å². The zero-order chi connectivity index (χ0) is 15.4. The van der Waals surface area contributed by atoms with Crippen LogP contribution in [0.25, 0.3) is 0 Å². The second-order valence-corrected chi connectivity index (χ2v) is 5.37. The monoisotopic (exact) mass is 311 g/mol. The van der Waals surface area contributed by atoms with Gasteiger partial charge in [0, 0.05) is 23.7 Å². The first kappa shape index (κ1) is 15.7. The fraction of sp³-hybridized carbons (Fsp3) is 0.250. The number of halogens is 3. The van der Waals surface area contributed by atoms with Crippen LogP contribution in [-0.4, -0.2) is 6.04 Å². The number of ether oxygens (including phenoxy) is 1. The molecule has 2 nitrogen and oxygen atoms in total. The predicted octanol–water partition coefficient (Wildman–Crippen LogP) is 4.91. The molecule has 2 rings (SSSR count). The molecular weight excluding hydrogens is 296 g/mol. The van der Waals surface area contributed by atoms with Gasteiger partial charge in [0.25, 0.3) is 0 Å². The van der Waals surface area contributed by atoms with Gasteiger partial charge in [-0.2, -0.15) is 0 Å². The van der Waals surface area contributed by atoms with Crippen molar-refractivity contribution in [1.29, 1.82) is 0 Å². The molecule has 0 fully saturated rings. The largest absolute Gasteiger partial charge is 0.457 e. The lowest BCUT2D eigenvalue weighted by Gasteiger charge is -2.11. The average molecular weight is 312 g/mol. The smallest absolute Gasteiger partial charge is 0.162 e. The van der Waals surface area contributed by atoms with Gasteiger partial charge < -0.3 is 10.1 Å². The Balaban J connectivity index is 2.10. The van der Waals surface area contributed by atoms with Gasteiger partial charge in [0.1, 0.15) is 11.5 Å². The summed E-state index contributed by atoms with van der Waals surface area (Å²) in [5.41, 5.74) is 0.947. The zero-order valence-electron chi connectivity index (χ0n) is 11.8. The van der Waals surface area contributed by atoms with Crippen molar-refractivity contribution in [2.45, 2.75) is 26.4 Å². The van der Waals surface area contributed by atoms with E-state index < -0.39 is 11.6 Å². The third kappa shape index (κ3) is 4.41. The summed E-state index contributed by atoms with van der Waals surface area (Å²) in [6.07, 6.45) is 0. The molecule has 0 aromatic heterocycles. The van der Waals surface area contributed by atoms with Crippen LogP contribution in [0.5, 0.6) is 11.5 Å². The molecule has 2 aromatic carbocycles. The van der Waals surface area contributed by atoms with Crippen molar-refractivity contribution in [3.63, 3.8) is 0 Å². The molecule has 0 heterocycles. The van der Waals surface area contributed by atoms with Crippen LogP contribution in [0.4, 0.5) is 8.78 Å². The van der Waals surface area contributed by atoms with Crippen LogP contribution in [0.1, 0.15) is 19.4 Å². The molecule has 5 heteroatoms. The fourth-order valence-corrected chi connectivity index (χ4v) is 1.96. The molecule has 21 heavy (non-hydrogen) atoms. The van der Waals surface area contributed by atoms with Crippen molar-refractivity contribution in [3.8, 4) is 11.5 Å². The first-order valence-corrected chi connectivity index (χ1v) is 6.98. The van der Waals surface area contributed by atoms with E-state index in [9.17, 15) is 8.78 Å². The first-order valence-electron chi connectivity index (χ1n) is 6.60. The van der Waals surface area contributed by atoms with E-state index in [2.05, 4.69) is 19.2 Å². The Morgan fingerprint density at radius 2 is 1.71 bits per heavy atom. The molecule has 2 aromatic rings. The van der Waals surface area contributed by atoms with Gasteiger partial charge in [-0.15, -0.1) is 0 Å². The third-order valence-electron chi connectivity index (χ3n) is 2.85. The van der Waals surface area contributed by atoms with Crippen molar-refractivity contribution < 1.29 is 13.5 Å². The average Bonchev–Trinajstić information content (AvgIpc) is 2.42. The lowest BCUT2D eigenvalue weighted by molar-refractivity contribution is 0.461. The van der Waals surface area contributed by atoms with Crippen LogP contribution < -0.4 is 10.1 Å². The van der Waals surface area contributed by atoms with Crippen LogP contribution in [0.3, 0.4) is 0 Å². The molecule has 0 amide bonds. The van der Waals surface area contributed by atoms with Gasteiger partial charge in [-0.3, -0.25) is 0 Å². The quantitative estimate of drug-likeness (QED) is 0.847. The van der Waals surface area contributed by atoms with Gasteiger partial charge in [0.15, 0.2) is 11.6 Å². The van der Waals surface area contributed by atoms with Crippen LogP contribution in [-0.2, 0) is 6.54 Å². The molecule has 0 saturated heterocycles. The van der Waals surface area contributed by atoms with E-state index in [1.54, 1.807) is 12.1 Å². The molecule has 0 aliphatic carbocycles. The van der Waals surface area contributed by atoms with Crippen molar-refractivity contribution >= 4 is 11.6 Å². The Kier molecular flexibility index (Phi) is 5.15. The lowest BCUT2D eigenvalue weighted by atomic mass is 10.2. The molecule has 0 saturated carbocycles. The highest BCUT2D eigenvalue weighted by atomic mass is 35.5. The third-order valence-corrected chi connectivity index (χ3v) is 3.20. The molecule has 0 radical (unpaired) electrons. The van der Waals surface area contributed by atoms with E-state index in [1.807, 2.05) is 6.07 Å². The summed E-state index contributed by atoms with van der Waals surface area (Å²) in [7, 11) is 0. The molecule has 0 bridgehead atoms. The highest BCUT2D eigenvalue weighted by molar-refractivity contribution is 6.31. The lowest BCUT2D eigenvalue weighted by Crippen LogP contribution is -2.21. The second kappa shape index (κ2) is 6.87. The molecule has 0 spiro atoms. The van der Waals surface area contributed by atoms with Crippen LogP contribution >= 0.6 is 11.6 Å². The van der Waals surface area contributed by atoms with E-state index in [-0.39, 0.29) is 5.75 Å². The van der Waals surface area contributed by atoms with E-state index in [0.29, 0.717) is 23.4 Å². The number of nitrogens with one attached hydrogen (secondary N) is 1. The molecular formula is C16H16ClF2NO. The minimum Gasteiger partial charge on any atom is -0.457 e. The summed E-state index contributed by atoms with van der Waals surface area (Å²) in [6, 6.07) is 8.97. The number of hydrogen-bond acceptors (Lipinski definition) is 2. The highest BCUT2D eigenvalue weighted by Crippen LogP contribution is 2.27. The molecule has 0 aliphatic rings. The Labute approximate surface area is 127 Å². The molecule has 0 unspecified atom stereocenters. The Morgan fingerprint density at radius 1 is 1.05 bits per heavy atom. The van der Waals surface area contributed by atoms with Crippen LogP contribution in [0, 0.1) is 11.6 Å². The van der Waals surface area contributed by atoms with Gasteiger partial charge in [-0.1, -0.05) is 31.5 Å². The molecule has 0 atom stereocenters. The van der Waals surface area contributed by atoms with Gasteiger partial charge in [0.2, 0.25) is 0 Å². The number of rotatable bonds is 5. The van der Waals surface area contributed by atoms with Crippen molar-refractivity contribution in [3.05, 3.63) is 58.6 Å². The Bertz CT molecular complexity index is 632. The minimum absolute atomic E-state index is 0.220. The summed E-state index contributed by atoms with van der Waals surface area (Å²) < 4.78 is 31.4. The van der Waals surface area contributed by atoms with E-state index in [0.717, 1.165) is 17.7 Å². The topological polar surface area (TPSA) is 21.3 Å². The summed E-state index contributed by atoms with van der Waals surface area (Å²) in [5.74, 6) is -1.16. The maximum Gasteiger partial charge on any atom is 0.162 e. The standard InChI is InChI=1S/C16H16ClF2NO/c1-10(2)20-9-11-3-4-12(7-14(11)17)21-13-5-6-15(18)16(19)8-13/h3-8,10,20H,9H2,1-2H3. The second-order valence-electron chi connectivity index (χ2n) is 4.97. The number of hydrogen-bond donors (Lipinski definition) is 1. The Morgan fingerprint density at radius 3 is 2.33 bits per heavy atom. The summed E-state index contributed by atoms with van der Waals surface area (Å²) in [6.45, 7) is 4.75. The molecule has 0 aliphatic heterocycles. The van der Waals surface area contributed by atoms with E-state index in [1.165, 1.54) is 6.07 Å². The maximum absolute atomic E-state index is 13.1. The first-order chi connectivity index (χ1) is 9.95. The van der Waals surface area contributed by atoms with Crippen molar-refractivity contribution in [2.75, 3.05) is 0 Å². The normalized spacial score (nSPS) is 11.0. The highest BCUT2D eigenvalue weighted by Gasteiger charge is 2.07. The van der Waals surface area contributed by atoms with Gasteiger partial charge in [0.05, 0.1) is 0 Å². The maximum atomic E-state index is 13.1. The van der Waals surface area contributed by atoms with Crippen LogP contribution in [0.15, 0.2) is 36.4 Å². The molecule has 1 N–H and O–H groups in total. The van der Waals surface area contributed by atoms with Gasteiger partial charge in [-0.25, -0.2) is 8.78 Å². The fourth-order valence-electron chi connectivity index (χ4n) is 1.73. The van der Waals surface area contributed by atoms with Crippen molar-refractivity contribution in [1.82, 2.24) is 5.32 Å². The SMILES string of the molecule is CC(C)NCc1ccc(Oc2ccc(F)c(F)c2)cc1Cl. The summed E-state index contributed by atoms with van der Waals surface area (Å²) >= 11 is 6.18. The minimum atomic E-state index is -0.948. The predicted molar refractivity (Wildman–Crippen MR) is 79.9 cm³/mol. The summed E-state index contributed by atoms with van der Waals surface area (Å²) in [4.78, 5) is 0. The van der Waals surface area contributed by atoms with E-state index >= 15 is 0 Å². The zero-order valence-corrected chi connectivity index (χ0v) is 12.5. The Hall–Kier alpha value is -1.65. The summed E-state index contributed by atoms with van der Waals surface area (Å²) in [5, 5.41) is 3.83. The van der Waals surface area contributed by atoms with Gasteiger partial charge >= 0.3 is 0 Å².